The van der Waals surface area contributed by atoms with Gasteiger partial charge in [0.25, 0.3) is 5.91 Å². The molecule has 0 spiro atoms. The summed E-state index contributed by atoms with van der Waals surface area (Å²) < 4.78 is 0. The highest BCUT2D eigenvalue weighted by molar-refractivity contribution is 5.93. The van der Waals surface area contributed by atoms with Gasteiger partial charge < -0.3 is 16.0 Å². The molecule has 3 N–H and O–H groups in total. The first kappa shape index (κ1) is 11.4. The van der Waals surface area contributed by atoms with Gasteiger partial charge >= 0.3 is 0 Å². The number of nitrogens with one attached hydrogen (secondary N) is 3. The van der Waals surface area contributed by atoms with Crippen LogP contribution in [0.2, 0.25) is 0 Å². The minimum absolute atomic E-state index is 0.0350. The largest absolute Gasteiger partial charge is 0.373 e. The van der Waals surface area contributed by atoms with Gasteiger partial charge in [-0.1, -0.05) is 6.07 Å². The third-order valence-electron chi connectivity index (χ3n) is 2.55. The number of nitrogens with zero attached hydrogens (tertiary/aromatic N) is 1. The van der Waals surface area contributed by atoms with E-state index in [1.807, 2.05) is 0 Å². The van der Waals surface area contributed by atoms with Crippen LogP contribution < -0.4 is 16.0 Å². The molecule has 1 aromatic heterocycles. The van der Waals surface area contributed by atoms with Crippen molar-refractivity contribution in [2.24, 2.45) is 0 Å². The van der Waals surface area contributed by atoms with Gasteiger partial charge in [-0.25, -0.2) is 4.98 Å². The molecule has 1 aromatic rings. The number of pyridine rings is 1. The average molecular weight is 234 g/mol. The molecule has 0 aromatic carbocycles. The Hall–Kier alpha value is -2.11. The molecule has 1 unspecified atom stereocenters. The predicted octanol–water partition coefficient (Wildman–Crippen LogP) is -0.258. The van der Waals surface area contributed by atoms with Crippen LogP contribution in [0.1, 0.15) is 16.9 Å². The Morgan fingerprint density at radius 3 is 3.00 bits per heavy atom. The molecule has 6 heteroatoms. The first-order valence-corrected chi connectivity index (χ1v) is 5.41. The Balaban J connectivity index is 2.01. The maximum absolute atomic E-state index is 11.8. The fraction of sp³-hybridized carbons (Fsp3) is 0.364. The van der Waals surface area contributed by atoms with Crippen molar-refractivity contribution in [3.63, 3.8) is 0 Å². The minimum Gasteiger partial charge on any atom is -0.373 e. The molecule has 1 aliphatic rings. The van der Waals surface area contributed by atoms with E-state index in [1.54, 1.807) is 25.2 Å². The monoisotopic (exact) mass is 234 g/mol. The standard InChI is InChI=1S/C11H14N4O2/c1-12-9-4-2-3-8(15-9)11(17)14-7-5-10(16)13-6-7/h2-4,7H,5-6H2,1H3,(H,12,15)(H,13,16)(H,14,17). The molecule has 1 saturated heterocycles. The van der Waals surface area contributed by atoms with Gasteiger partial charge in [-0.05, 0) is 12.1 Å². The zero-order valence-electron chi connectivity index (χ0n) is 9.49. The summed E-state index contributed by atoms with van der Waals surface area (Å²) in [4.78, 5) is 26.9. The van der Waals surface area contributed by atoms with Crippen LogP contribution in [0.5, 0.6) is 0 Å². The molecular weight excluding hydrogens is 220 g/mol. The Labute approximate surface area is 98.8 Å². The summed E-state index contributed by atoms with van der Waals surface area (Å²) in [5, 5.41) is 8.29. The zero-order chi connectivity index (χ0) is 12.3. The third kappa shape index (κ3) is 2.72. The van der Waals surface area contributed by atoms with Gasteiger partial charge in [0, 0.05) is 20.0 Å². The molecule has 2 amide bonds. The predicted molar refractivity (Wildman–Crippen MR) is 62.7 cm³/mol. The highest BCUT2D eigenvalue weighted by atomic mass is 16.2. The fourth-order valence-electron chi connectivity index (χ4n) is 1.67. The lowest BCUT2D eigenvalue weighted by atomic mass is 10.2. The van der Waals surface area contributed by atoms with Gasteiger partial charge in [0.05, 0.1) is 6.04 Å². The molecule has 1 fully saturated rings. The maximum Gasteiger partial charge on any atom is 0.270 e. The minimum atomic E-state index is -0.261. The number of carbonyl (C=O) groups excluding carboxylic acids is 2. The van der Waals surface area contributed by atoms with Crippen molar-refractivity contribution in [3.05, 3.63) is 23.9 Å². The lowest BCUT2D eigenvalue weighted by Gasteiger charge is -2.10. The van der Waals surface area contributed by atoms with Crippen LogP contribution in [-0.2, 0) is 4.79 Å². The summed E-state index contributed by atoms with van der Waals surface area (Å²) in [7, 11) is 1.74. The maximum atomic E-state index is 11.8. The number of amides is 2. The smallest absolute Gasteiger partial charge is 0.270 e. The van der Waals surface area contributed by atoms with Crippen molar-refractivity contribution in [2.45, 2.75) is 12.5 Å². The molecule has 17 heavy (non-hydrogen) atoms. The van der Waals surface area contributed by atoms with Crippen LogP contribution in [0.15, 0.2) is 18.2 Å². The number of aromatic nitrogens is 1. The van der Waals surface area contributed by atoms with Crippen LogP contribution in [-0.4, -0.2) is 36.4 Å². The molecule has 0 radical (unpaired) electrons. The lowest BCUT2D eigenvalue weighted by Crippen LogP contribution is -2.36. The lowest BCUT2D eigenvalue weighted by molar-refractivity contribution is -0.119. The van der Waals surface area contributed by atoms with Crippen molar-refractivity contribution in [3.8, 4) is 0 Å². The Morgan fingerprint density at radius 2 is 2.35 bits per heavy atom. The number of rotatable bonds is 3. The Bertz CT molecular complexity index is 447. The summed E-state index contributed by atoms with van der Waals surface area (Å²) >= 11 is 0. The van der Waals surface area contributed by atoms with E-state index in [4.69, 9.17) is 0 Å². The zero-order valence-corrected chi connectivity index (χ0v) is 9.49. The number of carbonyl (C=O) groups is 2. The number of anilines is 1. The van der Waals surface area contributed by atoms with Crippen molar-refractivity contribution in [1.82, 2.24) is 15.6 Å². The summed E-state index contributed by atoms with van der Waals surface area (Å²) in [6.45, 7) is 0.482. The average Bonchev–Trinajstić information content (AvgIpc) is 2.75. The molecule has 1 atom stereocenters. The van der Waals surface area contributed by atoms with Gasteiger partial charge in [0.1, 0.15) is 11.5 Å². The van der Waals surface area contributed by atoms with E-state index in [1.165, 1.54) is 0 Å². The molecule has 0 aliphatic carbocycles. The van der Waals surface area contributed by atoms with Gasteiger partial charge in [0.2, 0.25) is 5.91 Å². The Kier molecular flexibility index (Phi) is 3.22. The summed E-state index contributed by atoms with van der Waals surface area (Å²) in [5.41, 5.74) is 0.344. The molecule has 1 aliphatic heterocycles. The molecule has 6 nitrogen and oxygen atoms in total. The van der Waals surface area contributed by atoms with Gasteiger partial charge in [0.15, 0.2) is 0 Å². The number of hydrogen-bond donors (Lipinski definition) is 3. The molecule has 2 rings (SSSR count). The quantitative estimate of drug-likeness (QED) is 0.673. The second-order valence-corrected chi connectivity index (χ2v) is 3.84. The van der Waals surface area contributed by atoms with Crippen LogP contribution in [0.25, 0.3) is 0 Å². The molecule has 0 saturated carbocycles. The van der Waals surface area contributed by atoms with E-state index >= 15 is 0 Å². The van der Waals surface area contributed by atoms with Gasteiger partial charge in [-0.15, -0.1) is 0 Å². The topological polar surface area (TPSA) is 83.1 Å². The molecule has 0 bridgehead atoms. The van der Waals surface area contributed by atoms with Crippen molar-refractivity contribution in [2.75, 3.05) is 18.9 Å². The second kappa shape index (κ2) is 4.82. The van der Waals surface area contributed by atoms with Crippen LogP contribution in [0.4, 0.5) is 5.82 Å². The second-order valence-electron chi connectivity index (χ2n) is 3.84. The normalized spacial score (nSPS) is 18.6. The fourth-order valence-corrected chi connectivity index (χ4v) is 1.67. The van der Waals surface area contributed by atoms with Gasteiger partial charge in [-0.3, -0.25) is 9.59 Å². The van der Waals surface area contributed by atoms with E-state index < -0.39 is 0 Å². The van der Waals surface area contributed by atoms with Crippen molar-refractivity contribution >= 4 is 17.6 Å². The SMILES string of the molecule is CNc1cccc(C(=O)NC2CNC(=O)C2)n1. The van der Waals surface area contributed by atoms with E-state index in [0.29, 0.717) is 24.5 Å². The molecular formula is C11H14N4O2. The summed E-state index contributed by atoms with van der Waals surface area (Å²) in [6, 6.07) is 5.03. The highest BCUT2D eigenvalue weighted by Gasteiger charge is 2.23. The van der Waals surface area contributed by atoms with E-state index in [0.717, 1.165) is 0 Å². The first-order chi connectivity index (χ1) is 8.19. The molecule has 2 heterocycles. The van der Waals surface area contributed by atoms with Gasteiger partial charge in [-0.2, -0.15) is 0 Å². The first-order valence-electron chi connectivity index (χ1n) is 5.41. The van der Waals surface area contributed by atoms with E-state index in [2.05, 4.69) is 20.9 Å². The summed E-state index contributed by atoms with van der Waals surface area (Å²) in [5.74, 6) is 0.342. The van der Waals surface area contributed by atoms with Crippen molar-refractivity contribution < 1.29 is 9.59 Å². The van der Waals surface area contributed by atoms with Crippen molar-refractivity contribution in [1.29, 1.82) is 0 Å². The number of hydrogen-bond acceptors (Lipinski definition) is 4. The van der Waals surface area contributed by atoms with Crippen LogP contribution in [0, 0.1) is 0 Å². The molecule has 90 valence electrons. The summed E-state index contributed by atoms with van der Waals surface area (Å²) in [6.07, 6.45) is 0.331. The Morgan fingerprint density at radius 1 is 1.53 bits per heavy atom. The van der Waals surface area contributed by atoms with Crippen LogP contribution >= 0.6 is 0 Å². The third-order valence-corrected chi connectivity index (χ3v) is 2.55. The van der Waals surface area contributed by atoms with E-state index in [9.17, 15) is 9.59 Å². The van der Waals surface area contributed by atoms with E-state index in [-0.39, 0.29) is 17.9 Å². The highest BCUT2D eigenvalue weighted by Crippen LogP contribution is 2.05. The van der Waals surface area contributed by atoms with Crippen LogP contribution in [0.3, 0.4) is 0 Å².